The van der Waals surface area contributed by atoms with E-state index in [1.807, 2.05) is 6.07 Å². The molecule has 0 saturated carbocycles. The molecular weight excluding hydrogens is 333 g/mol. The van der Waals surface area contributed by atoms with Crippen LogP contribution in [-0.4, -0.2) is 16.1 Å². The fraction of sp³-hybridized carbons (Fsp3) is 0. The van der Waals surface area contributed by atoms with E-state index in [0.717, 1.165) is 10.6 Å². The molecule has 0 saturated heterocycles. The van der Waals surface area contributed by atoms with E-state index < -0.39 is 5.97 Å². The fourth-order valence-electron chi connectivity index (χ4n) is 1.73. The van der Waals surface area contributed by atoms with Crippen LogP contribution >= 0.6 is 34.5 Å². The Bertz CT molecular complexity index is 825. The molecule has 0 aliphatic carbocycles. The average Bonchev–Trinajstić information content (AvgIpc) is 3.09. The Labute approximate surface area is 133 Å². The van der Waals surface area contributed by atoms with Gasteiger partial charge in [-0.3, -0.25) is 0 Å². The van der Waals surface area contributed by atoms with Crippen molar-refractivity contribution in [2.24, 2.45) is 0 Å². The van der Waals surface area contributed by atoms with Crippen LogP contribution in [0.15, 0.2) is 40.3 Å². The Hall–Kier alpha value is -1.82. The number of rotatable bonds is 3. The monoisotopic (exact) mass is 339 g/mol. The summed E-state index contributed by atoms with van der Waals surface area (Å²) in [5.74, 6) is -0.625. The number of furan rings is 1. The first-order chi connectivity index (χ1) is 10.0. The Balaban J connectivity index is 1.95. The fourth-order valence-corrected chi connectivity index (χ4v) is 2.84. The maximum atomic E-state index is 10.8. The third-order valence-electron chi connectivity index (χ3n) is 2.77. The van der Waals surface area contributed by atoms with Crippen LogP contribution in [0.5, 0.6) is 0 Å². The van der Waals surface area contributed by atoms with Crippen molar-refractivity contribution in [1.82, 2.24) is 4.98 Å². The highest BCUT2D eigenvalue weighted by Gasteiger charge is 2.13. The molecule has 2 aromatic heterocycles. The van der Waals surface area contributed by atoms with Crippen LogP contribution < -0.4 is 0 Å². The normalized spacial score (nSPS) is 10.8. The summed E-state index contributed by atoms with van der Waals surface area (Å²) in [5.41, 5.74) is 1.51. The zero-order valence-electron chi connectivity index (χ0n) is 10.3. The third-order valence-corrected chi connectivity index (χ3v) is 4.40. The van der Waals surface area contributed by atoms with Crippen molar-refractivity contribution in [3.8, 4) is 22.0 Å². The molecule has 0 unspecified atom stereocenters. The quantitative estimate of drug-likeness (QED) is 0.723. The number of halogens is 2. The zero-order valence-corrected chi connectivity index (χ0v) is 12.7. The van der Waals surface area contributed by atoms with Gasteiger partial charge in [-0.05, 0) is 12.1 Å². The first-order valence-electron chi connectivity index (χ1n) is 5.78. The average molecular weight is 340 g/mol. The summed E-state index contributed by atoms with van der Waals surface area (Å²) in [5, 5.41) is 12.4. The summed E-state index contributed by atoms with van der Waals surface area (Å²) in [6, 6.07) is 6.70. The first kappa shape index (κ1) is 14.1. The van der Waals surface area contributed by atoms with Crippen LogP contribution in [0.1, 0.15) is 10.4 Å². The lowest BCUT2D eigenvalue weighted by Crippen LogP contribution is -1.91. The molecule has 0 aliphatic rings. The first-order valence-corrected chi connectivity index (χ1v) is 7.41. The molecule has 4 nitrogen and oxygen atoms in total. The lowest BCUT2D eigenvalue weighted by molar-refractivity contribution is 0.0696. The van der Waals surface area contributed by atoms with Gasteiger partial charge in [-0.25, -0.2) is 9.78 Å². The predicted octanol–water partition coefficient (Wildman–Crippen LogP) is 5.08. The lowest BCUT2D eigenvalue weighted by atomic mass is 10.2. The molecule has 1 N–H and O–H groups in total. The van der Waals surface area contributed by atoms with E-state index in [9.17, 15) is 4.79 Å². The van der Waals surface area contributed by atoms with Gasteiger partial charge < -0.3 is 9.52 Å². The van der Waals surface area contributed by atoms with E-state index in [0.29, 0.717) is 21.5 Å². The summed E-state index contributed by atoms with van der Waals surface area (Å²) in [6.45, 7) is 0. The van der Waals surface area contributed by atoms with E-state index in [-0.39, 0.29) is 5.56 Å². The Morgan fingerprint density at radius 1 is 1.24 bits per heavy atom. The second-order valence-electron chi connectivity index (χ2n) is 4.17. The van der Waals surface area contributed by atoms with E-state index in [4.69, 9.17) is 32.7 Å². The summed E-state index contributed by atoms with van der Waals surface area (Å²) in [7, 11) is 0. The van der Waals surface area contributed by atoms with Gasteiger partial charge in [-0.1, -0.05) is 29.3 Å². The molecule has 21 heavy (non-hydrogen) atoms. The number of benzene rings is 1. The SMILES string of the molecule is O=C(O)c1coc(-c2csc(-c3ccc(Cl)c(Cl)c3)n2)c1. The van der Waals surface area contributed by atoms with Crippen molar-refractivity contribution >= 4 is 40.5 Å². The lowest BCUT2D eigenvalue weighted by Gasteiger charge is -1.98. The smallest absolute Gasteiger partial charge is 0.338 e. The van der Waals surface area contributed by atoms with Crippen LogP contribution in [0.3, 0.4) is 0 Å². The highest BCUT2D eigenvalue weighted by Crippen LogP contribution is 2.33. The summed E-state index contributed by atoms with van der Waals surface area (Å²) < 4.78 is 5.22. The van der Waals surface area contributed by atoms with Crippen LogP contribution in [0.4, 0.5) is 0 Å². The van der Waals surface area contributed by atoms with Gasteiger partial charge in [0.25, 0.3) is 0 Å². The highest BCUT2D eigenvalue weighted by atomic mass is 35.5. The topological polar surface area (TPSA) is 63.3 Å². The highest BCUT2D eigenvalue weighted by molar-refractivity contribution is 7.13. The number of hydrogen-bond acceptors (Lipinski definition) is 4. The van der Waals surface area contributed by atoms with Crippen molar-refractivity contribution < 1.29 is 14.3 Å². The van der Waals surface area contributed by atoms with Gasteiger partial charge in [0, 0.05) is 17.0 Å². The van der Waals surface area contributed by atoms with Crippen molar-refractivity contribution in [3.05, 3.63) is 51.5 Å². The third kappa shape index (κ3) is 2.81. The molecule has 3 aromatic rings. The van der Waals surface area contributed by atoms with Crippen molar-refractivity contribution in [2.75, 3.05) is 0 Å². The maximum absolute atomic E-state index is 10.8. The summed E-state index contributed by atoms with van der Waals surface area (Å²) >= 11 is 13.3. The van der Waals surface area contributed by atoms with Gasteiger partial charge in [-0.2, -0.15) is 0 Å². The number of carbonyl (C=O) groups is 1. The van der Waals surface area contributed by atoms with Crippen LogP contribution in [0, 0.1) is 0 Å². The van der Waals surface area contributed by atoms with Crippen LogP contribution in [-0.2, 0) is 0 Å². The number of thiazole rings is 1. The summed E-state index contributed by atoms with van der Waals surface area (Å²) in [4.78, 5) is 15.3. The van der Waals surface area contributed by atoms with Gasteiger partial charge in [0.05, 0.1) is 15.6 Å². The van der Waals surface area contributed by atoms with E-state index in [1.165, 1.54) is 23.7 Å². The van der Waals surface area contributed by atoms with Crippen LogP contribution in [0.2, 0.25) is 10.0 Å². The molecule has 0 atom stereocenters. The molecule has 0 bridgehead atoms. The Morgan fingerprint density at radius 3 is 2.71 bits per heavy atom. The van der Waals surface area contributed by atoms with Gasteiger partial charge in [0.15, 0.2) is 5.76 Å². The van der Waals surface area contributed by atoms with Gasteiger partial charge in [0.1, 0.15) is 17.0 Å². The minimum atomic E-state index is -1.04. The molecule has 0 spiro atoms. The van der Waals surface area contributed by atoms with Crippen molar-refractivity contribution in [1.29, 1.82) is 0 Å². The molecule has 3 rings (SSSR count). The van der Waals surface area contributed by atoms with E-state index >= 15 is 0 Å². The zero-order chi connectivity index (χ0) is 15.0. The van der Waals surface area contributed by atoms with E-state index in [1.54, 1.807) is 17.5 Å². The molecule has 0 fully saturated rings. The molecule has 7 heteroatoms. The maximum Gasteiger partial charge on any atom is 0.338 e. The van der Waals surface area contributed by atoms with Crippen molar-refractivity contribution in [2.45, 2.75) is 0 Å². The van der Waals surface area contributed by atoms with E-state index in [2.05, 4.69) is 4.98 Å². The predicted molar refractivity (Wildman–Crippen MR) is 82.2 cm³/mol. The Kier molecular flexibility index (Phi) is 3.71. The van der Waals surface area contributed by atoms with Gasteiger partial charge >= 0.3 is 5.97 Å². The van der Waals surface area contributed by atoms with Gasteiger partial charge in [-0.15, -0.1) is 11.3 Å². The minimum absolute atomic E-state index is 0.0917. The number of aromatic carboxylic acids is 1. The molecule has 0 amide bonds. The van der Waals surface area contributed by atoms with Gasteiger partial charge in [0.2, 0.25) is 0 Å². The van der Waals surface area contributed by atoms with Crippen molar-refractivity contribution in [3.63, 3.8) is 0 Å². The largest absolute Gasteiger partial charge is 0.478 e. The molecular formula is C14H7Cl2NO3S. The number of aromatic nitrogens is 1. The molecule has 1 aromatic carbocycles. The number of nitrogens with zero attached hydrogens (tertiary/aromatic N) is 1. The molecule has 0 radical (unpaired) electrons. The standard InChI is InChI=1S/C14H7Cl2NO3S/c15-9-2-1-7(3-10(9)16)13-17-11(6-21-13)12-4-8(5-20-12)14(18)19/h1-6H,(H,18,19). The van der Waals surface area contributed by atoms with Crippen LogP contribution in [0.25, 0.3) is 22.0 Å². The number of carboxylic acids is 1. The molecule has 2 heterocycles. The Morgan fingerprint density at radius 2 is 2.05 bits per heavy atom. The second kappa shape index (κ2) is 5.52. The number of hydrogen-bond donors (Lipinski definition) is 1. The minimum Gasteiger partial charge on any atom is -0.478 e. The summed E-state index contributed by atoms with van der Waals surface area (Å²) in [6.07, 6.45) is 1.19. The molecule has 0 aliphatic heterocycles. The number of carboxylic acid groups (broad SMARTS) is 1. The molecule has 106 valence electrons. The second-order valence-corrected chi connectivity index (χ2v) is 5.84.